The zero-order valence-corrected chi connectivity index (χ0v) is 9.30. The lowest BCUT2D eigenvalue weighted by Gasteiger charge is -2.03. The number of nitrogens with zero attached hydrogens (tertiary/aromatic N) is 2. The Labute approximate surface area is 99.1 Å². The smallest absolute Gasteiger partial charge is 0.275 e. The highest BCUT2D eigenvalue weighted by Gasteiger charge is 2.25. The van der Waals surface area contributed by atoms with Crippen molar-refractivity contribution in [1.29, 1.82) is 0 Å². The molecule has 0 radical (unpaired) electrons. The van der Waals surface area contributed by atoms with Crippen molar-refractivity contribution >= 4 is 18.2 Å². The fraction of sp³-hybridized carbons (Fsp3) is 0.250. The van der Waals surface area contributed by atoms with Crippen molar-refractivity contribution in [3.05, 3.63) is 35.9 Å². The van der Waals surface area contributed by atoms with Gasteiger partial charge in [0.2, 0.25) is 5.91 Å². The fourth-order valence-corrected chi connectivity index (χ4v) is 1.56. The zero-order valence-electron chi connectivity index (χ0n) is 9.30. The van der Waals surface area contributed by atoms with E-state index in [-0.39, 0.29) is 12.5 Å². The number of hydrogen-bond acceptors (Lipinski definition) is 3. The van der Waals surface area contributed by atoms with Gasteiger partial charge in [-0.2, -0.15) is 5.10 Å². The molecule has 1 aliphatic rings. The number of hydrogen-bond donors (Lipinski definition) is 1. The molecule has 0 saturated carbocycles. The summed E-state index contributed by atoms with van der Waals surface area (Å²) >= 11 is 0. The van der Waals surface area contributed by atoms with Crippen LogP contribution in [0.3, 0.4) is 0 Å². The third-order valence-electron chi connectivity index (χ3n) is 2.40. The summed E-state index contributed by atoms with van der Waals surface area (Å²) in [7, 11) is 0. The highest BCUT2D eigenvalue weighted by Crippen LogP contribution is 2.02. The summed E-state index contributed by atoms with van der Waals surface area (Å²) in [6.45, 7) is 0.0146. The summed E-state index contributed by atoms with van der Waals surface area (Å²) < 4.78 is 0. The minimum Gasteiger partial charge on any atom is -0.275 e. The number of amides is 3. The Hall–Kier alpha value is -2.17. The van der Waals surface area contributed by atoms with E-state index in [2.05, 4.69) is 10.4 Å². The van der Waals surface area contributed by atoms with E-state index in [4.69, 9.17) is 0 Å². The standard InChI is InChI=1S/C12H13N3O2/c16-11-9-15(12(17)14-11)13-8-4-7-10-5-2-1-3-6-10/h1-3,5-6,8H,4,7,9H2,(H,14,16,17)/b13-8-. The van der Waals surface area contributed by atoms with Gasteiger partial charge in [0.1, 0.15) is 6.54 Å². The number of aryl methyl sites for hydroxylation is 1. The van der Waals surface area contributed by atoms with Crippen molar-refractivity contribution in [1.82, 2.24) is 10.3 Å². The van der Waals surface area contributed by atoms with Gasteiger partial charge in [-0.25, -0.2) is 9.80 Å². The summed E-state index contributed by atoms with van der Waals surface area (Å²) in [5.74, 6) is -0.310. The molecule has 3 amide bonds. The van der Waals surface area contributed by atoms with E-state index in [1.54, 1.807) is 6.21 Å². The first kappa shape index (κ1) is 11.3. The molecular weight excluding hydrogens is 218 g/mol. The van der Waals surface area contributed by atoms with Gasteiger partial charge in [0.15, 0.2) is 0 Å². The van der Waals surface area contributed by atoms with Gasteiger partial charge in [-0.15, -0.1) is 0 Å². The van der Waals surface area contributed by atoms with Crippen LogP contribution in [0.1, 0.15) is 12.0 Å². The highest BCUT2D eigenvalue weighted by atomic mass is 16.2. The Morgan fingerprint density at radius 2 is 2.06 bits per heavy atom. The molecule has 5 heteroatoms. The third-order valence-corrected chi connectivity index (χ3v) is 2.40. The molecule has 1 aliphatic heterocycles. The number of rotatable bonds is 4. The Bertz CT molecular complexity index is 442. The first-order chi connectivity index (χ1) is 8.25. The Balaban J connectivity index is 1.79. The molecule has 2 rings (SSSR count). The van der Waals surface area contributed by atoms with Crippen molar-refractivity contribution in [3.8, 4) is 0 Å². The molecule has 1 N–H and O–H groups in total. The van der Waals surface area contributed by atoms with Crippen LogP contribution in [-0.2, 0) is 11.2 Å². The van der Waals surface area contributed by atoms with Crippen LogP contribution in [0, 0.1) is 0 Å². The molecule has 0 bridgehead atoms. The first-order valence-corrected chi connectivity index (χ1v) is 5.43. The zero-order chi connectivity index (χ0) is 12.1. The van der Waals surface area contributed by atoms with Crippen LogP contribution in [0.2, 0.25) is 0 Å². The average Bonchev–Trinajstić information content (AvgIpc) is 2.65. The van der Waals surface area contributed by atoms with E-state index < -0.39 is 6.03 Å². The number of carbonyl (C=O) groups excluding carboxylic acids is 2. The normalized spacial score (nSPS) is 15.6. The van der Waals surface area contributed by atoms with Gasteiger partial charge >= 0.3 is 6.03 Å². The average molecular weight is 231 g/mol. The quantitative estimate of drug-likeness (QED) is 0.624. The predicted octanol–water partition coefficient (Wildman–Crippen LogP) is 1.16. The van der Waals surface area contributed by atoms with E-state index in [0.29, 0.717) is 0 Å². The van der Waals surface area contributed by atoms with Gasteiger partial charge in [0.05, 0.1) is 0 Å². The predicted molar refractivity (Wildman–Crippen MR) is 63.5 cm³/mol. The largest absolute Gasteiger partial charge is 0.344 e. The number of benzene rings is 1. The molecule has 1 saturated heterocycles. The van der Waals surface area contributed by atoms with Gasteiger partial charge in [-0.05, 0) is 18.4 Å². The van der Waals surface area contributed by atoms with Gasteiger partial charge in [-0.1, -0.05) is 30.3 Å². The summed E-state index contributed by atoms with van der Waals surface area (Å²) in [4.78, 5) is 22.0. The maximum Gasteiger partial charge on any atom is 0.344 e. The van der Waals surface area contributed by atoms with Crippen LogP contribution < -0.4 is 5.32 Å². The fourth-order valence-electron chi connectivity index (χ4n) is 1.56. The lowest BCUT2D eigenvalue weighted by molar-refractivity contribution is -0.118. The maximum atomic E-state index is 11.1. The van der Waals surface area contributed by atoms with E-state index in [1.807, 2.05) is 30.3 Å². The second kappa shape index (κ2) is 5.25. The molecular formula is C12H13N3O2. The highest BCUT2D eigenvalue weighted by molar-refractivity contribution is 6.01. The molecule has 5 nitrogen and oxygen atoms in total. The Kier molecular flexibility index (Phi) is 3.49. The van der Waals surface area contributed by atoms with Crippen LogP contribution in [0.4, 0.5) is 4.79 Å². The summed E-state index contributed by atoms with van der Waals surface area (Å²) in [5, 5.41) is 7.24. The minimum absolute atomic E-state index is 0.0146. The monoisotopic (exact) mass is 231 g/mol. The van der Waals surface area contributed by atoms with Crippen molar-refractivity contribution in [2.75, 3.05) is 6.54 Å². The molecule has 0 aromatic heterocycles. The summed E-state index contributed by atoms with van der Waals surface area (Å²) in [6.07, 6.45) is 3.26. The molecule has 1 aromatic carbocycles. The van der Waals surface area contributed by atoms with Crippen LogP contribution in [-0.4, -0.2) is 29.7 Å². The molecule has 17 heavy (non-hydrogen) atoms. The van der Waals surface area contributed by atoms with Crippen LogP contribution in [0.15, 0.2) is 35.4 Å². The van der Waals surface area contributed by atoms with Crippen molar-refractivity contribution in [2.45, 2.75) is 12.8 Å². The van der Waals surface area contributed by atoms with Gasteiger partial charge in [0.25, 0.3) is 0 Å². The number of carbonyl (C=O) groups is 2. The number of urea groups is 1. The minimum atomic E-state index is -0.453. The molecule has 0 unspecified atom stereocenters. The van der Waals surface area contributed by atoms with E-state index >= 15 is 0 Å². The molecule has 1 heterocycles. The summed E-state index contributed by atoms with van der Waals surface area (Å²) in [5.41, 5.74) is 1.22. The Morgan fingerprint density at radius 1 is 1.29 bits per heavy atom. The molecule has 0 spiro atoms. The van der Waals surface area contributed by atoms with E-state index in [1.165, 1.54) is 5.56 Å². The van der Waals surface area contributed by atoms with E-state index in [9.17, 15) is 9.59 Å². The molecule has 0 atom stereocenters. The van der Waals surface area contributed by atoms with E-state index in [0.717, 1.165) is 17.9 Å². The van der Waals surface area contributed by atoms with Crippen molar-refractivity contribution in [3.63, 3.8) is 0 Å². The topological polar surface area (TPSA) is 61.8 Å². The number of imide groups is 1. The lowest BCUT2D eigenvalue weighted by atomic mass is 10.1. The molecule has 1 aromatic rings. The van der Waals surface area contributed by atoms with Gasteiger partial charge < -0.3 is 0 Å². The van der Waals surface area contributed by atoms with Crippen molar-refractivity contribution in [2.24, 2.45) is 5.10 Å². The van der Waals surface area contributed by atoms with Crippen molar-refractivity contribution < 1.29 is 9.59 Å². The van der Waals surface area contributed by atoms with Crippen LogP contribution in [0.25, 0.3) is 0 Å². The molecule has 88 valence electrons. The lowest BCUT2D eigenvalue weighted by Crippen LogP contribution is -2.24. The maximum absolute atomic E-state index is 11.1. The Morgan fingerprint density at radius 3 is 2.71 bits per heavy atom. The molecule has 0 aliphatic carbocycles. The summed E-state index contributed by atoms with van der Waals surface area (Å²) in [6, 6.07) is 9.57. The van der Waals surface area contributed by atoms with Crippen LogP contribution >= 0.6 is 0 Å². The third kappa shape index (κ3) is 3.14. The number of nitrogens with one attached hydrogen (secondary N) is 1. The number of hydrazone groups is 1. The second-order valence-electron chi connectivity index (χ2n) is 3.73. The first-order valence-electron chi connectivity index (χ1n) is 5.43. The van der Waals surface area contributed by atoms with Gasteiger partial charge in [0, 0.05) is 6.21 Å². The van der Waals surface area contributed by atoms with Gasteiger partial charge in [-0.3, -0.25) is 10.1 Å². The molecule has 1 fully saturated rings. The van der Waals surface area contributed by atoms with Crippen LogP contribution in [0.5, 0.6) is 0 Å². The second-order valence-corrected chi connectivity index (χ2v) is 3.73. The SMILES string of the molecule is O=C1CN(/N=C\CCc2ccccc2)C(=O)N1.